The van der Waals surface area contributed by atoms with E-state index >= 15 is 4.39 Å². The summed E-state index contributed by atoms with van der Waals surface area (Å²) in [5.74, 6) is -3.42. The van der Waals surface area contributed by atoms with Crippen molar-refractivity contribution in [2.45, 2.75) is 59.3 Å². The molecular weight excluding hydrogens is 640 g/mol. The molecule has 2 N–H and O–H groups in total. The predicted molar refractivity (Wildman–Crippen MR) is 168 cm³/mol. The minimum Gasteiger partial charge on any atom is -0.494 e. The fourth-order valence-corrected chi connectivity index (χ4v) is 5.18. The Kier molecular flexibility index (Phi) is 10.4. The van der Waals surface area contributed by atoms with Crippen LogP contribution in [0.25, 0.3) is 0 Å². The number of rotatable bonds is 12. The molecular formula is C33H36F4N4O7. The molecule has 2 aromatic carbocycles. The maximum Gasteiger partial charge on any atom is 0.493 e. The van der Waals surface area contributed by atoms with E-state index in [0.29, 0.717) is 22.6 Å². The number of ether oxygens (including phenoxy) is 3. The molecule has 0 radical (unpaired) electrons. The zero-order chi connectivity index (χ0) is 35.6. The van der Waals surface area contributed by atoms with Gasteiger partial charge in [0.25, 0.3) is 5.56 Å². The number of amidine groups is 1. The zero-order valence-electron chi connectivity index (χ0n) is 27.3. The Bertz CT molecular complexity index is 1800. The van der Waals surface area contributed by atoms with E-state index in [0.717, 1.165) is 6.20 Å². The smallest absolute Gasteiger partial charge is 0.493 e. The molecule has 3 aromatic rings. The molecule has 11 nitrogen and oxygen atoms in total. The number of carbonyl (C=O) groups excluding carboxylic acids is 2. The summed E-state index contributed by atoms with van der Waals surface area (Å²) in [5.41, 5.74) is 0.0306. The third kappa shape index (κ3) is 7.39. The number of hydrogen-bond donors (Lipinski definition) is 2. The Hall–Kier alpha value is -5.08. The van der Waals surface area contributed by atoms with Gasteiger partial charge in [0.15, 0.2) is 23.1 Å². The van der Waals surface area contributed by atoms with E-state index in [9.17, 15) is 27.6 Å². The maximum atomic E-state index is 15.6. The minimum atomic E-state index is -5.30. The third-order valence-corrected chi connectivity index (χ3v) is 7.41. The molecule has 0 unspecified atom stereocenters. The van der Waals surface area contributed by atoms with Crippen LogP contribution in [0.15, 0.2) is 41.3 Å². The Balaban J connectivity index is 1.64. The summed E-state index contributed by atoms with van der Waals surface area (Å²) >= 11 is 0. The number of ketones is 1. The SMILES string of the molecule is CCOc1cc2c(c(F)c1OCC)C(=N)N(CC(=O)c1cc(NCc3cccn(OC(=O)C(F)(F)F)c3=O)c(OC)c(C(C)(C)C)c1)C2. The fourth-order valence-electron chi connectivity index (χ4n) is 5.18. The number of alkyl halides is 3. The quantitative estimate of drug-likeness (QED) is 0.195. The van der Waals surface area contributed by atoms with Crippen molar-refractivity contribution in [3.8, 4) is 17.2 Å². The van der Waals surface area contributed by atoms with Crippen molar-refractivity contribution < 1.29 is 46.2 Å². The first-order valence-electron chi connectivity index (χ1n) is 15.0. The van der Waals surface area contributed by atoms with Gasteiger partial charge in [0.05, 0.1) is 38.1 Å². The van der Waals surface area contributed by atoms with E-state index in [1.54, 1.807) is 26.0 Å². The number of methoxy groups -OCH3 is 1. The summed E-state index contributed by atoms with van der Waals surface area (Å²) in [5, 5.41) is 11.7. The molecule has 0 amide bonds. The second-order valence-corrected chi connectivity index (χ2v) is 11.8. The van der Waals surface area contributed by atoms with E-state index in [4.69, 9.17) is 19.6 Å². The first-order chi connectivity index (χ1) is 22.5. The molecule has 0 aliphatic carbocycles. The number of benzene rings is 2. The third-order valence-electron chi connectivity index (χ3n) is 7.41. The van der Waals surface area contributed by atoms with Crippen LogP contribution in [0.1, 0.15) is 67.2 Å². The molecule has 1 aromatic heterocycles. The minimum absolute atomic E-state index is 0.0246. The predicted octanol–water partition coefficient (Wildman–Crippen LogP) is 5.24. The van der Waals surface area contributed by atoms with Crippen molar-refractivity contribution in [3.05, 3.63) is 80.5 Å². The van der Waals surface area contributed by atoms with Gasteiger partial charge in [-0.1, -0.05) is 26.8 Å². The second-order valence-electron chi connectivity index (χ2n) is 11.8. The van der Waals surface area contributed by atoms with E-state index in [-0.39, 0.29) is 71.6 Å². The van der Waals surface area contributed by atoms with Gasteiger partial charge in [-0.2, -0.15) is 13.2 Å². The average molecular weight is 677 g/mol. The standard InChI is InChI=1S/C33H36F4N4O7/c1-7-46-24-14-20-16-40(29(38)25(20)26(34)28(24)47-8-2)17-23(42)19-12-21(32(3,4)5)27(45-6)22(13-19)39-15-18-10-9-11-41(30(18)43)48-31(44)33(35,36)37/h9-14,38-39H,7-8,15-17H2,1-6H3. The van der Waals surface area contributed by atoms with Crippen molar-refractivity contribution in [2.75, 3.05) is 32.2 Å². The van der Waals surface area contributed by atoms with E-state index in [1.165, 1.54) is 30.2 Å². The van der Waals surface area contributed by atoms with Crippen molar-refractivity contribution in [1.82, 2.24) is 9.63 Å². The highest BCUT2D eigenvalue weighted by molar-refractivity contribution is 6.06. The molecule has 1 aliphatic heterocycles. The molecule has 0 bridgehead atoms. The van der Waals surface area contributed by atoms with Crippen LogP contribution in [0.2, 0.25) is 0 Å². The van der Waals surface area contributed by atoms with Crippen LogP contribution in [0.5, 0.6) is 17.2 Å². The molecule has 1 aliphatic rings. The van der Waals surface area contributed by atoms with Gasteiger partial charge < -0.3 is 29.3 Å². The number of nitrogens with zero attached hydrogens (tertiary/aromatic N) is 2. The molecule has 48 heavy (non-hydrogen) atoms. The number of hydrogen-bond acceptors (Lipinski definition) is 9. The summed E-state index contributed by atoms with van der Waals surface area (Å²) in [7, 11) is 1.42. The van der Waals surface area contributed by atoms with Crippen molar-refractivity contribution in [3.63, 3.8) is 0 Å². The van der Waals surface area contributed by atoms with Crippen LogP contribution < -0.4 is 29.9 Å². The molecule has 0 spiro atoms. The number of nitrogens with one attached hydrogen (secondary N) is 2. The second kappa shape index (κ2) is 14.0. The van der Waals surface area contributed by atoms with Crippen molar-refractivity contribution in [1.29, 1.82) is 5.41 Å². The average Bonchev–Trinajstić information content (AvgIpc) is 3.32. The maximum absolute atomic E-state index is 15.6. The summed E-state index contributed by atoms with van der Waals surface area (Å²) in [4.78, 5) is 43.5. The van der Waals surface area contributed by atoms with Crippen LogP contribution in [0.4, 0.5) is 23.2 Å². The lowest BCUT2D eigenvalue weighted by molar-refractivity contribution is -0.200. The van der Waals surface area contributed by atoms with E-state index in [1.807, 2.05) is 20.8 Å². The molecule has 4 rings (SSSR count). The number of Topliss-reactive ketones (excluding diaryl/α,β-unsaturated/α-hetero) is 1. The van der Waals surface area contributed by atoms with Gasteiger partial charge in [0.2, 0.25) is 0 Å². The summed E-state index contributed by atoms with van der Waals surface area (Å²) in [6, 6.07) is 7.34. The topological polar surface area (TPSA) is 132 Å². The number of anilines is 1. The van der Waals surface area contributed by atoms with Gasteiger partial charge in [0.1, 0.15) is 11.6 Å². The lowest BCUT2D eigenvalue weighted by atomic mass is 9.84. The Morgan fingerprint density at radius 2 is 1.73 bits per heavy atom. The molecule has 2 heterocycles. The van der Waals surface area contributed by atoms with Gasteiger partial charge in [-0.15, -0.1) is 4.73 Å². The van der Waals surface area contributed by atoms with Crippen molar-refractivity contribution in [2.24, 2.45) is 0 Å². The van der Waals surface area contributed by atoms with Gasteiger partial charge >= 0.3 is 12.1 Å². The number of pyridine rings is 1. The van der Waals surface area contributed by atoms with Crippen LogP contribution in [-0.2, 0) is 23.3 Å². The highest BCUT2D eigenvalue weighted by atomic mass is 19.4. The first kappa shape index (κ1) is 35.8. The number of fused-ring (bicyclic) bond motifs is 1. The molecule has 0 saturated carbocycles. The fraction of sp³-hybridized carbons (Fsp3) is 0.394. The van der Waals surface area contributed by atoms with Crippen molar-refractivity contribution >= 4 is 23.3 Å². The highest BCUT2D eigenvalue weighted by Crippen LogP contribution is 2.40. The van der Waals surface area contributed by atoms with Gasteiger partial charge in [0, 0.05) is 36.0 Å². The summed E-state index contributed by atoms with van der Waals surface area (Å²) < 4.78 is 70.6. The molecule has 0 saturated heterocycles. The van der Waals surface area contributed by atoms with Gasteiger partial charge in [-0.3, -0.25) is 15.0 Å². The van der Waals surface area contributed by atoms with Crippen LogP contribution in [-0.4, -0.2) is 60.3 Å². The molecule has 0 fully saturated rings. The van der Waals surface area contributed by atoms with E-state index < -0.39 is 34.7 Å². The monoisotopic (exact) mass is 676 g/mol. The Morgan fingerprint density at radius 1 is 1.04 bits per heavy atom. The highest BCUT2D eigenvalue weighted by Gasteiger charge is 2.42. The van der Waals surface area contributed by atoms with Crippen LogP contribution >= 0.6 is 0 Å². The largest absolute Gasteiger partial charge is 0.494 e. The Labute approximate surface area is 273 Å². The van der Waals surface area contributed by atoms with Gasteiger partial charge in [-0.25, -0.2) is 9.18 Å². The normalized spacial score (nSPS) is 12.9. The molecule has 0 atom stereocenters. The van der Waals surface area contributed by atoms with Crippen LogP contribution in [0, 0.1) is 11.2 Å². The van der Waals surface area contributed by atoms with Gasteiger partial charge in [-0.05, 0) is 49.1 Å². The lowest BCUT2D eigenvalue weighted by Gasteiger charge is -2.26. The lowest BCUT2D eigenvalue weighted by Crippen LogP contribution is -2.39. The summed E-state index contributed by atoms with van der Waals surface area (Å²) in [6.07, 6.45) is -4.43. The molecule has 15 heteroatoms. The molecule has 258 valence electrons. The zero-order valence-corrected chi connectivity index (χ0v) is 27.3. The van der Waals surface area contributed by atoms with Crippen LogP contribution in [0.3, 0.4) is 0 Å². The summed E-state index contributed by atoms with van der Waals surface area (Å²) in [6.45, 7) is 9.17. The Morgan fingerprint density at radius 3 is 2.33 bits per heavy atom. The first-order valence-corrected chi connectivity index (χ1v) is 15.0. The number of halogens is 4. The number of carbonyl (C=O) groups is 2. The number of aromatic nitrogens is 1. The van der Waals surface area contributed by atoms with E-state index in [2.05, 4.69) is 10.2 Å².